The highest BCUT2D eigenvalue weighted by Crippen LogP contribution is 2.24. The van der Waals surface area contributed by atoms with Crippen molar-refractivity contribution in [2.24, 2.45) is 0 Å². The average molecular weight is 377 g/mol. The van der Waals surface area contributed by atoms with Crippen LogP contribution >= 0.6 is 11.3 Å². The standard InChI is InChI=1S/C18H23N3O4S/c1-18(2,3)25-17(23)21-8-6-20(7-9-21)15(22)11-13-12-26-16(19-13)14-5-4-10-24-14/h4-5,10,12H,6-9,11H2,1-3H3. The fraction of sp³-hybridized carbons (Fsp3) is 0.500. The summed E-state index contributed by atoms with van der Waals surface area (Å²) in [5.41, 5.74) is 0.223. The highest BCUT2D eigenvalue weighted by atomic mass is 32.1. The minimum absolute atomic E-state index is 0.0186. The molecule has 0 radical (unpaired) electrons. The van der Waals surface area contributed by atoms with Crippen molar-refractivity contribution in [2.75, 3.05) is 26.2 Å². The van der Waals surface area contributed by atoms with Crippen molar-refractivity contribution in [3.63, 3.8) is 0 Å². The van der Waals surface area contributed by atoms with Crippen LogP contribution in [0, 0.1) is 0 Å². The molecule has 1 fully saturated rings. The maximum atomic E-state index is 12.5. The molecule has 3 heterocycles. The number of aromatic nitrogens is 1. The van der Waals surface area contributed by atoms with Crippen LogP contribution in [-0.2, 0) is 16.0 Å². The molecule has 2 aromatic heterocycles. The SMILES string of the molecule is CC(C)(C)OC(=O)N1CCN(C(=O)Cc2csc(-c3ccco3)n2)CC1. The second-order valence-electron chi connectivity index (χ2n) is 7.15. The van der Waals surface area contributed by atoms with Crippen molar-refractivity contribution >= 4 is 23.3 Å². The minimum atomic E-state index is -0.514. The van der Waals surface area contributed by atoms with E-state index >= 15 is 0 Å². The fourth-order valence-corrected chi connectivity index (χ4v) is 3.42. The van der Waals surface area contributed by atoms with Gasteiger partial charge in [-0.2, -0.15) is 0 Å². The van der Waals surface area contributed by atoms with Crippen LogP contribution in [0.25, 0.3) is 10.8 Å². The lowest BCUT2D eigenvalue weighted by molar-refractivity contribution is -0.132. The van der Waals surface area contributed by atoms with Crippen molar-refractivity contribution in [1.82, 2.24) is 14.8 Å². The Morgan fingerprint density at radius 2 is 1.92 bits per heavy atom. The Labute approximate surface area is 156 Å². The summed E-state index contributed by atoms with van der Waals surface area (Å²) in [4.78, 5) is 32.5. The molecular weight excluding hydrogens is 354 g/mol. The van der Waals surface area contributed by atoms with Crippen LogP contribution in [0.5, 0.6) is 0 Å². The molecule has 2 aromatic rings. The summed E-state index contributed by atoms with van der Waals surface area (Å²) >= 11 is 1.46. The number of thiazole rings is 1. The predicted octanol–water partition coefficient (Wildman–Crippen LogP) is 3.02. The van der Waals surface area contributed by atoms with Gasteiger partial charge in [-0.15, -0.1) is 11.3 Å². The van der Waals surface area contributed by atoms with E-state index in [-0.39, 0.29) is 18.4 Å². The van der Waals surface area contributed by atoms with Gasteiger partial charge >= 0.3 is 6.09 Å². The van der Waals surface area contributed by atoms with Crippen LogP contribution in [0.4, 0.5) is 4.79 Å². The number of nitrogens with zero attached hydrogens (tertiary/aromatic N) is 3. The Hall–Kier alpha value is -2.35. The molecule has 8 heteroatoms. The molecule has 1 aliphatic rings. The predicted molar refractivity (Wildman–Crippen MR) is 97.9 cm³/mol. The van der Waals surface area contributed by atoms with E-state index in [4.69, 9.17) is 9.15 Å². The number of carbonyl (C=O) groups excluding carboxylic acids is 2. The van der Waals surface area contributed by atoms with Crippen LogP contribution in [0.1, 0.15) is 26.5 Å². The number of ether oxygens (including phenoxy) is 1. The van der Waals surface area contributed by atoms with Gasteiger partial charge in [-0.25, -0.2) is 9.78 Å². The van der Waals surface area contributed by atoms with Crippen molar-refractivity contribution in [3.05, 3.63) is 29.5 Å². The Bertz CT molecular complexity index is 756. The Kier molecular flexibility index (Phi) is 5.31. The number of hydrogen-bond donors (Lipinski definition) is 0. The molecule has 0 N–H and O–H groups in total. The molecule has 3 rings (SSSR count). The van der Waals surface area contributed by atoms with Gasteiger partial charge in [0.15, 0.2) is 10.8 Å². The smallest absolute Gasteiger partial charge is 0.410 e. The summed E-state index contributed by atoms with van der Waals surface area (Å²) in [6, 6.07) is 3.66. The molecule has 0 aliphatic carbocycles. The van der Waals surface area contributed by atoms with Gasteiger partial charge in [-0.05, 0) is 32.9 Å². The van der Waals surface area contributed by atoms with Crippen LogP contribution < -0.4 is 0 Å². The molecule has 1 saturated heterocycles. The van der Waals surface area contributed by atoms with Gasteiger partial charge in [0.05, 0.1) is 18.4 Å². The molecule has 0 unspecified atom stereocenters. The summed E-state index contributed by atoms with van der Waals surface area (Å²) in [5.74, 6) is 0.727. The first kappa shape index (κ1) is 18.4. The molecule has 1 aliphatic heterocycles. The zero-order valence-corrected chi connectivity index (χ0v) is 16.0. The molecule has 0 saturated carbocycles. The first-order valence-corrected chi connectivity index (χ1v) is 9.44. The molecule has 0 aromatic carbocycles. The monoisotopic (exact) mass is 377 g/mol. The van der Waals surface area contributed by atoms with Crippen molar-refractivity contribution in [1.29, 1.82) is 0 Å². The lowest BCUT2D eigenvalue weighted by Gasteiger charge is -2.35. The molecule has 2 amide bonds. The zero-order valence-electron chi connectivity index (χ0n) is 15.2. The minimum Gasteiger partial charge on any atom is -0.462 e. The zero-order chi connectivity index (χ0) is 18.7. The molecule has 0 spiro atoms. The number of rotatable bonds is 3. The average Bonchev–Trinajstić information content (AvgIpc) is 3.24. The topological polar surface area (TPSA) is 75.9 Å². The van der Waals surface area contributed by atoms with Gasteiger partial charge in [-0.1, -0.05) is 0 Å². The van der Waals surface area contributed by atoms with E-state index in [0.717, 1.165) is 10.7 Å². The Morgan fingerprint density at radius 3 is 2.54 bits per heavy atom. The lowest BCUT2D eigenvalue weighted by Crippen LogP contribution is -2.52. The third-order valence-corrected chi connectivity index (χ3v) is 4.81. The van der Waals surface area contributed by atoms with E-state index in [1.807, 2.05) is 38.3 Å². The second-order valence-corrected chi connectivity index (χ2v) is 8.00. The van der Waals surface area contributed by atoms with Crippen LogP contribution in [-0.4, -0.2) is 58.6 Å². The first-order chi connectivity index (χ1) is 12.3. The fourth-order valence-electron chi connectivity index (χ4n) is 2.63. The van der Waals surface area contributed by atoms with Gasteiger partial charge in [-0.3, -0.25) is 4.79 Å². The number of carbonyl (C=O) groups is 2. The highest BCUT2D eigenvalue weighted by molar-refractivity contribution is 7.13. The maximum Gasteiger partial charge on any atom is 0.410 e. The van der Waals surface area contributed by atoms with Crippen LogP contribution in [0.15, 0.2) is 28.2 Å². The van der Waals surface area contributed by atoms with Gasteiger partial charge in [0.1, 0.15) is 5.60 Å². The van der Waals surface area contributed by atoms with Crippen molar-refractivity contribution in [3.8, 4) is 10.8 Å². The molecule has 7 nitrogen and oxygen atoms in total. The molecule has 0 atom stereocenters. The third-order valence-electron chi connectivity index (χ3n) is 3.90. The molecular formula is C18H23N3O4S. The van der Waals surface area contributed by atoms with E-state index in [2.05, 4.69) is 4.98 Å². The molecule has 26 heavy (non-hydrogen) atoms. The Morgan fingerprint density at radius 1 is 1.23 bits per heavy atom. The van der Waals surface area contributed by atoms with Crippen molar-refractivity contribution < 1.29 is 18.7 Å². The van der Waals surface area contributed by atoms with E-state index < -0.39 is 5.60 Å². The van der Waals surface area contributed by atoms with Crippen molar-refractivity contribution in [2.45, 2.75) is 32.8 Å². The number of hydrogen-bond acceptors (Lipinski definition) is 6. The first-order valence-electron chi connectivity index (χ1n) is 8.56. The number of amides is 2. The lowest BCUT2D eigenvalue weighted by atomic mass is 10.2. The van der Waals surface area contributed by atoms with E-state index in [1.165, 1.54) is 11.3 Å². The van der Waals surface area contributed by atoms with Gasteiger partial charge < -0.3 is 19.0 Å². The van der Waals surface area contributed by atoms with E-state index in [1.54, 1.807) is 16.1 Å². The van der Waals surface area contributed by atoms with Gasteiger partial charge in [0.25, 0.3) is 0 Å². The largest absolute Gasteiger partial charge is 0.462 e. The summed E-state index contributed by atoms with van der Waals surface area (Å²) in [7, 11) is 0. The third kappa shape index (κ3) is 4.63. The maximum absolute atomic E-state index is 12.5. The summed E-state index contributed by atoms with van der Waals surface area (Å²) in [6.07, 6.45) is 1.53. The highest BCUT2D eigenvalue weighted by Gasteiger charge is 2.27. The van der Waals surface area contributed by atoms with Crippen LogP contribution in [0.2, 0.25) is 0 Å². The summed E-state index contributed by atoms with van der Waals surface area (Å²) in [5, 5.41) is 2.65. The molecule has 0 bridgehead atoms. The quantitative estimate of drug-likeness (QED) is 0.822. The van der Waals surface area contributed by atoms with Gasteiger partial charge in [0.2, 0.25) is 5.91 Å². The normalized spacial score (nSPS) is 15.2. The van der Waals surface area contributed by atoms with E-state index in [9.17, 15) is 9.59 Å². The second kappa shape index (κ2) is 7.49. The summed E-state index contributed by atoms with van der Waals surface area (Å²) in [6.45, 7) is 7.51. The summed E-state index contributed by atoms with van der Waals surface area (Å²) < 4.78 is 10.7. The number of piperazine rings is 1. The Balaban J connectivity index is 1.50. The number of furan rings is 1. The van der Waals surface area contributed by atoms with Gasteiger partial charge in [0, 0.05) is 31.6 Å². The molecule has 140 valence electrons. The van der Waals surface area contributed by atoms with E-state index in [0.29, 0.717) is 31.9 Å². The van der Waals surface area contributed by atoms with Crippen LogP contribution in [0.3, 0.4) is 0 Å².